The molecule has 1 aromatic carbocycles. The van der Waals surface area contributed by atoms with Crippen LogP contribution in [0.25, 0.3) is 0 Å². The number of rotatable bonds is 2. The summed E-state index contributed by atoms with van der Waals surface area (Å²) in [6, 6.07) is 3.32. The fourth-order valence-corrected chi connectivity index (χ4v) is 1.73. The highest BCUT2D eigenvalue weighted by Gasteiger charge is 2.59. The van der Waals surface area contributed by atoms with Crippen LogP contribution in [0.5, 0.6) is 5.75 Å². The Balaban J connectivity index is 3.05. The molecule has 0 bridgehead atoms. The Bertz CT molecular complexity index is 416. The fraction of sp³-hybridized carbons (Fsp3) is 0.333. The van der Waals surface area contributed by atoms with Gasteiger partial charge in [0.15, 0.2) is 0 Å². The van der Waals surface area contributed by atoms with E-state index in [0.29, 0.717) is 0 Å². The lowest BCUT2D eigenvalue weighted by atomic mass is 10.3. The van der Waals surface area contributed by atoms with Crippen LogP contribution in [0.4, 0.5) is 32.0 Å². The van der Waals surface area contributed by atoms with Crippen molar-refractivity contribution in [1.29, 1.82) is 0 Å². The van der Waals surface area contributed by atoms with Crippen LogP contribution in [0.3, 0.4) is 0 Å². The standard InChI is InChI=1S/C9H6F6INO/c10-8(11,12)7(9(13,14)15)18-6-2-1-4(17)3-5(6)16/h1-3,7H,17H2. The Morgan fingerprint density at radius 3 is 1.94 bits per heavy atom. The molecule has 2 nitrogen and oxygen atoms in total. The molecule has 102 valence electrons. The Morgan fingerprint density at radius 2 is 1.56 bits per heavy atom. The van der Waals surface area contributed by atoms with E-state index in [1.165, 1.54) is 28.7 Å². The first-order valence-corrected chi connectivity index (χ1v) is 5.45. The molecule has 0 fully saturated rings. The van der Waals surface area contributed by atoms with E-state index in [0.717, 1.165) is 12.1 Å². The van der Waals surface area contributed by atoms with Gasteiger partial charge in [-0.3, -0.25) is 0 Å². The van der Waals surface area contributed by atoms with Crippen molar-refractivity contribution in [2.75, 3.05) is 5.73 Å². The highest BCUT2D eigenvalue weighted by atomic mass is 127. The number of nitrogens with two attached hydrogens (primary N) is 1. The van der Waals surface area contributed by atoms with Crippen molar-refractivity contribution in [1.82, 2.24) is 0 Å². The van der Waals surface area contributed by atoms with Crippen molar-refractivity contribution in [2.24, 2.45) is 0 Å². The van der Waals surface area contributed by atoms with Crippen LogP contribution in [0.1, 0.15) is 0 Å². The summed E-state index contributed by atoms with van der Waals surface area (Å²) in [5, 5.41) is 0. The van der Waals surface area contributed by atoms with Crippen molar-refractivity contribution in [3.63, 3.8) is 0 Å². The minimum Gasteiger partial charge on any atom is -0.470 e. The number of alkyl halides is 6. The molecule has 1 aromatic rings. The number of halogens is 7. The molecule has 0 aromatic heterocycles. The molecule has 18 heavy (non-hydrogen) atoms. The van der Waals surface area contributed by atoms with Gasteiger partial charge in [-0.2, -0.15) is 26.3 Å². The number of hydrogen-bond donors (Lipinski definition) is 1. The summed E-state index contributed by atoms with van der Waals surface area (Å²) in [5.41, 5.74) is 5.54. The number of nitrogen functional groups attached to an aromatic ring is 1. The van der Waals surface area contributed by atoms with Crippen molar-refractivity contribution >= 4 is 28.3 Å². The van der Waals surface area contributed by atoms with E-state index in [2.05, 4.69) is 4.74 Å². The molecule has 0 saturated carbocycles. The second-order valence-corrected chi connectivity index (χ2v) is 4.43. The zero-order valence-electron chi connectivity index (χ0n) is 8.44. The number of anilines is 1. The van der Waals surface area contributed by atoms with E-state index < -0.39 is 24.2 Å². The maximum atomic E-state index is 12.2. The van der Waals surface area contributed by atoms with Crippen LogP contribution in [0.15, 0.2) is 18.2 Å². The Labute approximate surface area is 111 Å². The first kappa shape index (κ1) is 15.2. The first-order chi connectivity index (χ1) is 8.01. The molecule has 0 aliphatic rings. The SMILES string of the molecule is Nc1ccc(OC(C(F)(F)F)C(F)(F)F)c(I)c1. The summed E-state index contributed by atoms with van der Waals surface area (Å²) in [6.45, 7) is 0. The van der Waals surface area contributed by atoms with E-state index in [1.54, 1.807) is 0 Å². The van der Waals surface area contributed by atoms with Crippen LogP contribution in [0, 0.1) is 3.57 Å². The molecule has 1 rings (SSSR count). The molecule has 0 unspecified atom stereocenters. The van der Waals surface area contributed by atoms with Crippen molar-refractivity contribution in [3.8, 4) is 5.75 Å². The second kappa shape index (κ2) is 5.02. The molecule has 2 N–H and O–H groups in total. The quantitative estimate of drug-likeness (QED) is 0.478. The first-order valence-electron chi connectivity index (χ1n) is 4.37. The number of hydrogen-bond acceptors (Lipinski definition) is 2. The lowest BCUT2D eigenvalue weighted by Gasteiger charge is -2.24. The second-order valence-electron chi connectivity index (χ2n) is 3.27. The van der Waals surface area contributed by atoms with E-state index in [1.807, 2.05) is 0 Å². The molecule has 0 radical (unpaired) electrons. The van der Waals surface area contributed by atoms with Crippen molar-refractivity contribution < 1.29 is 31.1 Å². The van der Waals surface area contributed by atoms with Crippen molar-refractivity contribution in [3.05, 3.63) is 21.8 Å². The molecule has 0 heterocycles. The van der Waals surface area contributed by atoms with E-state index >= 15 is 0 Å². The summed E-state index contributed by atoms with van der Waals surface area (Å²) in [5.74, 6) is -0.524. The maximum absolute atomic E-state index is 12.2. The third-order valence-corrected chi connectivity index (χ3v) is 2.64. The molecular formula is C9H6F6INO. The largest absolute Gasteiger partial charge is 0.470 e. The van der Waals surface area contributed by atoms with Gasteiger partial charge in [0, 0.05) is 5.69 Å². The van der Waals surface area contributed by atoms with E-state index in [9.17, 15) is 26.3 Å². The molecule has 0 aliphatic carbocycles. The molecule has 0 spiro atoms. The van der Waals surface area contributed by atoms with Crippen LogP contribution in [-0.4, -0.2) is 18.5 Å². The fourth-order valence-electron chi connectivity index (χ4n) is 1.06. The van der Waals surface area contributed by atoms with Gasteiger partial charge in [-0.25, -0.2) is 0 Å². The van der Waals surface area contributed by atoms with Gasteiger partial charge in [-0.1, -0.05) is 0 Å². The van der Waals surface area contributed by atoms with Gasteiger partial charge >= 0.3 is 12.4 Å². The lowest BCUT2D eigenvalue weighted by Crippen LogP contribution is -2.46. The van der Waals surface area contributed by atoms with Gasteiger partial charge in [0.2, 0.25) is 0 Å². The zero-order chi connectivity index (χ0) is 14.1. The van der Waals surface area contributed by atoms with Gasteiger partial charge in [-0.15, -0.1) is 0 Å². The smallest absolute Gasteiger partial charge is 0.434 e. The Morgan fingerprint density at radius 1 is 1.06 bits per heavy atom. The average Bonchev–Trinajstić information content (AvgIpc) is 2.12. The Kier molecular flexibility index (Phi) is 4.23. The summed E-state index contributed by atoms with van der Waals surface area (Å²) in [6.07, 6.45) is -14.9. The van der Waals surface area contributed by atoms with Crippen LogP contribution < -0.4 is 10.5 Å². The van der Waals surface area contributed by atoms with Gasteiger partial charge < -0.3 is 10.5 Å². The molecule has 9 heteroatoms. The van der Waals surface area contributed by atoms with Crippen molar-refractivity contribution in [2.45, 2.75) is 18.5 Å². The minimum atomic E-state index is -5.54. The highest BCUT2D eigenvalue weighted by molar-refractivity contribution is 14.1. The molecule has 0 aliphatic heterocycles. The monoisotopic (exact) mass is 385 g/mol. The van der Waals surface area contributed by atoms with Gasteiger partial charge in [0.1, 0.15) is 5.75 Å². The predicted molar refractivity (Wildman–Crippen MR) is 60.1 cm³/mol. The zero-order valence-corrected chi connectivity index (χ0v) is 10.6. The van der Waals surface area contributed by atoms with Crippen LogP contribution >= 0.6 is 22.6 Å². The summed E-state index contributed by atoms with van der Waals surface area (Å²) in [7, 11) is 0. The Hall–Kier alpha value is -0.870. The molecular weight excluding hydrogens is 379 g/mol. The number of benzene rings is 1. The van der Waals surface area contributed by atoms with Gasteiger partial charge in [0.25, 0.3) is 6.10 Å². The topological polar surface area (TPSA) is 35.2 Å². The highest BCUT2D eigenvalue weighted by Crippen LogP contribution is 2.37. The predicted octanol–water partition coefficient (Wildman–Crippen LogP) is 3.75. The van der Waals surface area contributed by atoms with Crippen LogP contribution in [-0.2, 0) is 0 Å². The third kappa shape index (κ3) is 3.82. The molecule has 0 amide bonds. The summed E-state index contributed by atoms with van der Waals surface area (Å²) >= 11 is 1.54. The third-order valence-electron chi connectivity index (χ3n) is 1.80. The molecule has 0 atom stereocenters. The normalized spacial score (nSPS) is 12.9. The molecule has 0 saturated heterocycles. The van der Waals surface area contributed by atoms with E-state index in [-0.39, 0.29) is 9.26 Å². The summed E-state index contributed by atoms with van der Waals surface area (Å²) in [4.78, 5) is 0. The maximum Gasteiger partial charge on any atom is 0.434 e. The summed E-state index contributed by atoms with van der Waals surface area (Å²) < 4.78 is 77.5. The lowest BCUT2D eigenvalue weighted by molar-refractivity contribution is -0.300. The minimum absolute atomic E-state index is 0.0612. The van der Waals surface area contributed by atoms with Gasteiger partial charge in [0.05, 0.1) is 3.57 Å². The van der Waals surface area contributed by atoms with Crippen LogP contribution in [0.2, 0.25) is 0 Å². The van der Waals surface area contributed by atoms with Gasteiger partial charge in [-0.05, 0) is 40.8 Å². The average molecular weight is 385 g/mol. The van der Waals surface area contributed by atoms with E-state index in [4.69, 9.17) is 5.73 Å². The number of ether oxygens (including phenoxy) is 1.